The van der Waals surface area contributed by atoms with Crippen molar-refractivity contribution in [3.05, 3.63) is 76.5 Å². The zero-order valence-electron chi connectivity index (χ0n) is 16.3. The summed E-state index contributed by atoms with van der Waals surface area (Å²) in [6.07, 6.45) is 0.927. The molecule has 0 saturated carbocycles. The first-order chi connectivity index (χ1) is 15.1. The molecule has 31 heavy (non-hydrogen) atoms. The van der Waals surface area contributed by atoms with Crippen LogP contribution in [0.5, 0.6) is 0 Å². The van der Waals surface area contributed by atoms with Crippen LogP contribution in [0.4, 0.5) is 8.78 Å². The minimum absolute atomic E-state index is 0.109. The molecule has 1 N–H and O–H groups in total. The molecule has 4 aromatic rings. The van der Waals surface area contributed by atoms with Crippen LogP contribution in [0.15, 0.2) is 64.7 Å². The summed E-state index contributed by atoms with van der Waals surface area (Å²) in [4.78, 5) is 23.4. The lowest BCUT2D eigenvalue weighted by Crippen LogP contribution is -2.17. The van der Waals surface area contributed by atoms with Crippen LogP contribution in [0.3, 0.4) is 0 Å². The number of halogens is 2. The predicted octanol–water partition coefficient (Wildman–Crippen LogP) is 4.78. The minimum Gasteiger partial charge on any atom is -0.306 e. The van der Waals surface area contributed by atoms with Gasteiger partial charge in [-0.3, -0.25) is 9.55 Å². The van der Waals surface area contributed by atoms with Gasteiger partial charge in [0.2, 0.25) is 0 Å². The Morgan fingerprint density at radius 1 is 1.19 bits per heavy atom. The van der Waals surface area contributed by atoms with E-state index in [0.29, 0.717) is 30.0 Å². The van der Waals surface area contributed by atoms with Crippen molar-refractivity contribution in [2.75, 3.05) is 5.75 Å². The zero-order valence-corrected chi connectivity index (χ0v) is 17.1. The Bertz CT molecular complexity index is 1310. The summed E-state index contributed by atoms with van der Waals surface area (Å²) < 4.78 is 28.9. The monoisotopic (exact) mass is 437 g/mol. The van der Waals surface area contributed by atoms with Gasteiger partial charge in [0.15, 0.2) is 0 Å². The maximum absolute atomic E-state index is 13.6. The van der Waals surface area contributed by atoms with Gasteiger partial charge in [0, 0.05) is 35.8 Å². The van der Waals surface area contributed by atoms with Gasteiger partial charge in [-0.1, -0.05) is 12.1 Å². The molecule has 0 saturated heterocycles. The predicted molar refractivity (Wildman–Crippen MR) is 115 cm³/mol. The van der Waals surface area contributed by atoms with Crippen molar-refractivity contribution in [1.82, 2.24) is 19.5 Å². The molecule has 3 heterocycles. The van der Waals surface area contributed by atoms with Crippen molar-refractivity contribution in [3.8, 4) is 17.3 Å². The molecule has 0 aliphatic carbocycles. The third-order valence-electron chi connectivity index (χ3n) is 4.79. The van der Waals surface area contributed by atoms with E-state index in [1.807, 2.05) is 30.3 Å². The van der Waals surface area contributed by atoms with Crippen LogP contribution in [-0.2, 0) is 6.54 Å². The second-order valence-electron chi connectivity index (χ2n) is 6.73. The highest BCUT2D eigenvalue weighted by atomic mass is 32.2. The molecule has 0 spiro atoms. The fourth-order valence-corrected chi connectivity index (χ4v) is 4.26. The Morgan fingerprint density at radius 3 is 2.71 bits per heavy atom. The Labute approximate surface area is 180 Å². The number of nitrogens with zero attached hydrogens (tertiary/aromatic N) is 4. The van der Waals surface area contributed by atoms with E-state index in [4.69, 9.17) is 0 Å². The van der Waals surface area contributed by atoms with E-state index < -0.39 is 6.43 Å². The molecule has 0 amide bonds. The number of aryl methyl sites for hydroxylation is 1. The van der Waals surface area contributed by atoms with Gasteiger partial charge in [-0.05, 0) is 36.8 Å². The standard InChI is InChI=1S/C22H17F2N5OS/c23-20(24)15-12-18(14-6-8-26-9-7-14)27-21(16(15)13-25)31-11-3-10-29-19-5-2-1-4-17(19)28-22(29)30/h1-2,4-9,12,20H,3,10-11H2,(H,28,30). The summed E-state index contributed by atoms with van der Waals surface area (Å²) in [5.74, 6) is 0.510. The zero-order chi connectivity index (χ0) is 21.8. The summed E-state index contributed by atoms with van der Waals surface area (Å²) in [5, 5.41) is 9.74. The number of alkyl halides is 2. The fourth-order valence-electron chi connectivity index (χ4n) is 3.32. The second-order valence-corrected chi connectivity index (χ2v) is 7.81. The summed E-state index contributed by atoms with van der Waals surface area (Å²) in [6.45, 7) is 0.462. The van der Waals surface area contributed by atoms with E-state index in [-0.39, 0.29) is 21.8 Å². The van der Waals surface area contributed by atoms with E-state index in [2.05, 4.69) is 15.0 Å². The average molecular weight is 437 g/mol. The number of imidazole rings is 1. The summed E-state index contributed by atoms with van der Waals surface area (Å²) in [6, 6.07) is 13.9. The van der Waals surface area contributed by atoms with Crippen LogP contribution >= 0.6 is 11.8 Å². The number of nitriles is 1. The normalized spacial score (nSPS) is 11.2. The van der Waals surface area contributed by atoms with Gasteiger partial charge in [0.1, 0.15) is 11.1 Å². The van der Waals surface area contributed by atoms with Crippen LogP contribution < -0.4 is 5.69 Å². The topological polar surface area (TPSA) is 87.4 Å². The number of nitrogens with one attached hydrogen (secondary N) is 1. The van der Waals surface area contributed by atoms with Gasteiger partial charge < -0.3 is 4.98 Å². The van der Waals surface area contributed by atoms with Gasteiger partial charge in [-0.2, -0.15) is 5.26 Å². The van der Waals surface area contributed by atoms with E-state index in [1.165, 1.54) is 17.8 Å². The first kappa shape index (κ1) is 20.8. The first-order valence-electron chi connectivity index (χ1n) is 9.52. The highest BCUT2D eigenvalue weighted by Gasteiger charge is 2.20. The lowest BCUT2D eigenvalue weighted by atomic mass is 10.1. The van der Waals surface area contributed by atoms with Crippen molar-refractivity contribution in [2.24, 2.45) is 0 Å². The summed E-state index contributed by atoms with van der Waals surface area (Å²) >= 11 is 1.24. The Morgan fingerprint density at radius 2 is 1.97 bits per heavy atom. The minimum atomic E-state index is -2.79. The maximum atomic E-state index is 13.6. The third kappa shape index (κ3) is 4.34. The maximum Gasteiger partial charge on any atom is 0.326 e. The Kier molecular flexibility index (Phi) is 6.09. The molecule has 3 aromatic heterocycles. The number of para-hydroxylation sites is 2. The van der Waals surface area contributed by atoms with Crippen LogP contribution in [0.1, 0.15) is 24.0 Å². The van der Waals surface area contributed by atoms with Crippen molar-refractivity contribution >= 4 is 22.8 Å². The van der Waals surface area contributed by atoms with Crippen LogP contribution in [0.25, 0.3) is 22.3 Å². The van der Waals surface area contributed by atoms with Gasteiger partial charge in [-0.25, -0.2) is 18.6 Å². The number of hydrogen-bond donors (Lipinski definition) is 1. The molecule has 0 unspecified atom stereocenters. The number of pyridine rings is 2. The van der Waals surface area contributed by atoms with Crippen molar-refractivity contribution in [2.45, 2.75) is 24.4 Å². The first-order valence-corrected chi connectivity index (χ1v) is 10.5. The second kappa shape index (κ2) is 9.10. The molecule has 156 valence electrons. The number of hydrogen-bond acceptors (Lipinski definition) is 5. The molecular formula is C22H17F2N5OS. The lowest BCUT2D eigenvalue weighted by molar-refractivity contribution is 0.150. The molecular weight excluding hydrogens is 420 g/mol. The van der Waals surface area contributed by atoms with Gasteiger partial charge >= 0.3 is 5.69 Å². The molecule has 9 heteroatoms. The highest BCUT2D eigenvalue weighted by molar-refractivity contribution is 7.99. The average Bonchev–Trinajstić information content (AvgIpc) is 3.11. The third-order valence-corrected chi connectivity index (χ3v) is 5.85. The number of fused-ring (bicyclic) bond motifs is 1. The number of thioether (sulfide) groups is 1. The molecule has 1 aromatic carbocycles. The van der Waals surface area contributed by atoms with E-state index >= 15 is 0 Å². The van der Waals surface area contributed by atoms with Gasteiger partial charge in [0.05, 0.1) is 22.3 Å². The highest BCUT2D eigenvalue weighted by Crippen LogP contribution is 2.33. The van der Waals surface area contributed by atoms with Crippen molar-refractivity contribution in [1.29, 1.82) is 5.26 Å². The Hall–Kier alpha value is -3.51. The van der Waals surface area contributed by atoms with E-state index in [9.17, 15) is 18.8 Å². The molecule has 0 atom stereocenters. The van der Waals surface area contributed by atoms with Gasteiger partial charge in [0.25, 0.3) is 6.43 Å². The Balaban J connectivity index is 1.56. The van der Waals surface area contributed by atoms with Crippen molar-refractivity contribution in [3.63, 3.8) is 0 Å². The summed E-state index contributed by atoms with van der Waals surface area (Å²) in [7, 11) is 0. The molecule has 6 nitrogen and oxygen atoms in total. The SMILES string of the molecule is N#Cc1c(C(F)F)cc(-c2ccncc2)nc1SCCCn1c(=O)[nH]c2ccccc21. The number of aromatic nitrogens is 4. The van der Waals surface area contributed by atoms with E-state index in [1.54, 1.807) is 29.1 Å². The van der Waals surface area contributed by atoms with E-state index in [0.717, 1.165) is 11.0 Å². The smallest absolute Gasteiger partial charge is 0.306 e. The molecule has 0 aliphatic heterocycles. The van der Waals surface area contributed by atoms with Crippen LogP contribution in [0, 0.1) is 11.3 Å². The number of rotatable bonds is 7. The number of H-pyrrole nitrogens is 1. The number of aromatic amines is 1. The largest absolute Gasteiger partial charge is 0.326 e. The molecule has 0 aliphatic rings. The quantitative estimate of drug-likeness (QED) is 0.332. The van der Waals surface area contributed by atoms with Gasteiger partial charge in [-0.15, -0.1) is 11.8 Å². The van der Waals surface area contributed by atoms with Crippen LogP contribution in [-0.4, -0.2) is 25.3 Å². The fraction of sp³-hybridized carbons (Fsp3) is 0.182. The molecule has 0 fully saturated rings. The summed E-state index contributed by atoms with van der Waals surface area (Å²) in [5.41, 5.74) is 1.96. The lowest BCUT2D eigenvalue weighted by Gasteiger charge is -2.12. The van der Waals surface area contributed by atoms with Crippen molar-refractivity contribution < 1.29 is 8.78 Å². The molecule has 4 rings (SSSR count). The number of benzene rings is 1. The molecule has 0 bridgehead atoms. The van der Waals surface area contributed by atoms with Crippen LogP contribution in [0.2, 0.25) is 0 Å². The molecule has 0 radical (unpaired) electrons.